The zero-order valence-corrected chi connectivity index (χ0v) is 11.6. The fourth-order valence-electron chi connectivity index (χ4n) is 1.78. The molecular formula is C13H12N4O2S. The lowest BCUT2D eigenvalue weighted by atomic mass is 10.1. The normalized spacial score (nSPS) is 10.7. The summed E-state index contributed by atoms with van der Waals surface area (Å²) in [6.07, 6.45) is 0.570. The van der Waals surface area contributed by atoms with Gasteiger partial charge in [-0.25, -0.2) is 4.98 Å². The summed E-state index contributed by atoms with van der Waals surface area (Å²) in [6.45, 7) is 0. The van der Waals surface area contributed by atoms with Gasteiger partial charge in [-0.1, -0.05) is 17.3 Å². The van der Waals surface area contributed by atoms with Gasteiger partial charge in [0.05, 0.1) is 7.11 Å². The van der Waals surface area contributed by atoms with Crippen molar-refractivity contribution in [3.63, 3.8) is 0 Å². The van der Waals surface area contributed by atoms with E-state index in [9.17, 15) is 0 Å². The lowest BCUT2D eigenvalue weighted by molar-refractivity contribution is 0.414. The lowest BCUT2D eigenvalue weighted by Crippen LogP contribution is -1.92. The predicted octanol–water partition coefficient (Wildman–Crippen LogP) is 2.37. The van der Waals surface area contributed by atoms with Gasteiger partial charge in [0.25, 0.3) is 5.89 Å². The minimum absolute atomic E-state index is 0.385. The predicted molar refractivity (Wildman–Crippen MR) is 75.6 cm³/mol. The third-order valence-electron chi connectivity index (χ3n) is 2.71. The molecule has 0 radical (unpaired) electrons. The third kappa shape index (κ3) is 2.62. The Labute approximate surface area is 119 Å². The van der Waals surface area contributed by atoms with Crippen LogP contribution in [0.2, 0.25) is 0 Å². The van der Waals surface area contributed by atoms with Crippen LogP contribution in [-0.2, 0) is 6.42 Å². The van der Waals surface area contributed by atoms with E-state index in [0.29, 0.717) is 29.0 Å². The van der Waals surface area contributed by atoms with E-state index in [2.05, 4.69) is 15.1 Å². The highest BCUT2D eigenvalue weighted by Crippen LogP contribution is 2.22. The smallest absolute Gasteiger partial charge is 0.277 e. The topological polar surface area (TPSA) is 87.1 Å². The van der Waals surface area contributed by atoms with Gasteiger partial charge in [-0.2, -0.15) is 4.98 Å². The van der Waals surface area contributed by atoms with Crippen molar-refractivity contribution in [1.82, 2.24) is 15.1 Å². The first-order valence-corrected chi connectivity index (χ1v) is 6.79. The fraction of sp³-hybridized carbons (Fsp3) is 0.154. The number of thiazole rings is 1. The van der Waals surface area contributed by atoms with Crippen molar-refractivity contribution in [1.29, 1.82) is 0 Å². The van der Waals surface area contributed by atoms with Gasteiger partial charge >= 0.3 is 0 Å². The Balaban J connectivity index is 1.80. The van der Waals surface area contributed by atoms with Crippen LogP contribution in [0.15, 0.2) is 34.2 Å². The molecule has 102 valence electrons. The summed E-state index contributed by atoms with van der Waals surface area (Å²) < 4.78 is 10.4. The summed E-state index contributed by atoms with van der Waals surface area (Å²) in [5.74, 6) is 1.79. The molecule has 7 heteroatoms. The van der Waals surface area contributed by atoms with E-state index in [-0.39, 0.29) is 0 Å². The third-order valence-corrected chi connectivity index (χ3v) is 3.38. The van der Waals surface area contributed by atoms with Crippen molar-refractivity contribution in [2.45, 2.75) is 6.42 Å². The van der Waals surface area contributed by atoms with Gasteiger partial charge in [-0.3, -0.25) is 0 Å². The molecule has 0 unspecified atom stereocenters. The fourth-order valence-corrected chi connectivity index (χ4v) is 2.32. The molecule has 0 aliphatic carbocycles. The molecule has 0 aliphatic rings. The maximum atomic E-state index is 5.58. The zero-order chi connectivity index (χ0) is 13.9. The standard InChI is InChI=1S/C13H12N4O2S/c1-18-9-4-2-3-8(5-9)6-11-16-12(19-17-11)10-7-20-13(14)15-10/h2-5,7H,6H2,1H3,(H2,14,15). The minimum atomic E-state index is 0.385. The van der Waals surface area contributed by atoms with Gasteiger partial charge in [-0.05, 0) is 17.7 Å². The largest absolute Gasteiger partial charge is 0.497 e. The van der Waals surface area contributed by atoms with E-state index in [1.165, 1.54) is 11.3 Å². The molecule has 1 aromatic carbocycles. The van der Waals surface area contributed by atoms with Crippen LogP contribution in [0.5, 0.6) is 5.75 Å². The molecule has 0 atom stereocenters. The minimum Gasteiger partial charge on any atom is -0.497 e. The summed E-state index contributed by atoms with van der Waals surface area (Å²) >= 11 is 1.34. The molecule has 0 bridgehead atoms. The van der Waals surface area contributed by atoms with Crippen LogP contribution in [-0.4, -0.2) is 22.2 Å². The molecule has 2 N–H and O–H groups in total. The number of hydrogen-bond donors (Lipinski definition) is 1. The van der Waals surface area contributed by atoms with E-state index in [0.717, 1.165) is 11.3 Å². The second-order valence-electron chi connectivity index (χ2n) is 4.12. The van der Waals surface area contributed by atoms with Crippen LogP contribution in [0.25, 0.3) is 11.6 Å². The Morgan fingerprint density at radius 3 is 3.00 bits per heavy atom. The zero-order valence-electron chi connectivity index (χ0n) is 10.7. The monoisotopic (exact) mass is 288 g/mol. The molecule has 0 saturated heterocycles. The number of ether oxygens (including phenoxy) is 1. The van der Waals surface area contributed by atoms with Crippen LogP contribution in [0, 0.1) is 0 Å². The van der Waals surface area contributed by atoms with Crippen LogP contribution in [0.3, 0.4) is 0 Å². The van der Waals surface area contributed by atoms with Gasteiger partial charge in [-0.15, -0.1) is 11.3 Å². The molecule has 0 amide bonds. The summed E-state index contributed by atoms with van der Waals surface area (Å²) in [5, 5.41) is 6.22. The molecule has 2 aromatic heterocycles. The summed E-state index contributed by atoms with van der Waals surface area (Å²) in [6, 6.07) is 7.75. The summed E-state index contributed by atoms with van der Waals surface area (Å²) in [5.41, 5.74) is 7.24. The number of anilines is 1. The molecule has 6 nitrogen and oxygen atoms in total. The van der Waals surface area contributed by atoms with E-state index in [4.69, 9.17) is 15.0 Å². The summed E-state index contributed by atoms with van der Waals surface area (Å²) in [4.78, 5) is 8.42. The Morgan fingerprint density at radius 1 is 1.35 bits per heavy atom. The molecule has 3 rings (SSSR count). The molecular weight excluding hydrogens is 276 g/mol. The number of methoxy groups -OCH3 is 1. The van der Waals surface area contributed by atoms with Gasteiger partial charge in [0.15, 0.2) is 11.0 Å². The van der Waals surface area contributed by atoms with Crippen LogP contribution in [0.4, 0.5) is 5.13 Å². The van der Waals surface area contributed by atoms with Crippen LogP contribution < -0.4 is 10.5 Å². The van der Waals surface area contributed by atoms with Crippen molar-refractivity contribution in [2.75, 3.05) is 12.8 Å². The molecule has 0 fully saturated rings. The molecule has 0 saturated carbocycles. The molecule has 0 aliphatic heterocycles. The van der Waals surface area contributed by atoms with Gasteiger partial charge < -0.3 is 15.0 Å². The maximum Gasteiger partial charge on any atom is 0.277 e. The van der Waals surface area contributed by atoms with Gasteiger partial charge in [0.1, 0.15) is 11.4 Å². The van der Waals surface area contributed by atoms with E-state index < -0.39 is 0 Å². The van der Waals surface area contributed by atoms with Crippen LogP contribution in [0.1, 0.15) is 11.4 Å². The van der Waals surface area contributed by atoms with Gasteiger partial charge in [0, 0.05) is 11.8 Å². The molecule has 0 spiro atoms. The van der Waals surface area contributed by atoms with E-state index in [1.807, 2.05) is 24.3 Å². The summed E-state index contributed by atoms with van der Waals surface area (Å²) in [7, 11) is 1.64. The number of aromatic nitrogens is 3. The first-order valence-electron chi connectivity index (χ1n) is 5.91. The second kappa shape index (κ2) is 5.30. The Morgan fingerprint density at radius 2 is 2.25 bits per heavy atom. The molecule has 20 heavy (non-hydrogen) atoms. The first kappa shape index (κ1) is 12.6. The number of nitrogen functional groups attached to an aromatic ring is 1. The average molecular weight is 288 g/mol. The van der Waals surface area contributed by atoms with Crippen molar-refractivity contribution < 1.29 is 9.26 Å². The number of rotatable bonds is 4. The Kier molecular flexibility index (Phi) is 3.34. The Hall–Kier alpha value is -2.41. The number of nitrogens with zero attached hydrogens (tertiary/aromatic N) is 3. The quantitative estimate of drug-likeness (QED) is 0.793. The first-order chi connectivity index (χ1) is 9.74. The highest BCUT2D eigenvalue weighted by molar-refractivity contribution is 7.13. The van der Waals surface area contributed by atoms with Crippen molar-refractivity contribution in [3.05, 3.63) is 41.0 Å². The van der Waals surface area contributed by atoms with E-state index >= 15 is 0 Å². The van der Waals surface area contributed by atoms with Gasteiger partial charge in [0.2, 0.25) is 0 Å². The highest BCUT2D eigenvalue weighted by atomic mass is 32.1. The van der Waals surface area contributed by atoms with Crippen molar-refractivity contribution in [3.8, 4) is 17.3 Å². The molecule has 3 aromatic rings. The van der Waals surface area contributed by atoms with Crippen molar-refractivity contribution in [2.24, 2.45) is 0 Å². The number of benzene rings is 1. The maximum absolute atomic E-state index is 5.58. The lowest BCUT2D eigenvalue weighted by Gasteiger charge is -2.01. The average Bonchev–Trinajstić information content (AvgIpc) is 3.08. The number of nitrogens with two attached hydrogens (primary N) is 1. The Bertz CT molecular complexity index is 722. The SMILES string of the molecule is COc1cccc(Cc2noc(-c3csc(N)n3)n2)c1. The van der Waals surface area contributed by atoms with Crippen LogP contribution >= 0.6 is 11.3 Å². The van der Waals surface area contributed by atoms with Crippen molar-refractivity contribution >= 4 is 16.5 Å². The highest BCUT2D eigenvalue weighted by Gasteiger charge is 2.12. The second-order valence-corrected chi connectivity index (χ2v) is 5.00. The van der Waals surface area contributed by atoms with E-state index in [1.54, 1.807) is 12.5 Å². The molecule has 2 heterocycles. The number of hydrogen-bond acceptors (Lipinski definition) is 7.